The Morgan fingerprint density at radius 1 is 1.58 bits per heavy atom. The van der Waals surface area contributed by atoms with Crippen molar-refractivity contribution in [3.05, 3.63) is 22.4 Å². The number of carbonyl (C=O) groups is 1. The maximum Gasteiger partial charge on any atom is 0.312 e. The highest BCUT2D eigenvalue weighted by atomic mass is 32.1. The van der Waals surface area contributed by atoms with E-state index in [0.29, 0.717) is 19.8 Å². The number of hydrogen-bond donors (Lipinski definition) is 1. The Bertz CT molecular complexity index is 380. The molecule has 2 unspecified atom stereocenters. The number of esters is 1. The van der Waals surface area contributed by atoms with Crippen molar-refractivity contribution in [3.8, 4) is 0 Å². The van der Waals surface area contributed by atoms with Crippen molar-refractivity contribution in [1.29, 1.82) is 0 Å². The van der Waals surface area contributed by atoms with Crippen LogP contribution in [0.4, 0.5) is 0 Å². The van der Waals surface area contributed by atoms with Crippen molar-refractivity contribution in [3.63, 3.8) is 0 Å². The fraction of sp³-hybridized carbons (Fsp3) is 0.643. The molecule has 0 radical (unpaired) electrons. The zero-order chi connectivity index (χ0) is 13.5. The Morgan fingerprint density at radius 2 is 2.47 bits per heavy atom. The minimum Gasteiger partial charge on any atom is -0.465 e. The van der Waals surface area contributed by atoms with E-state index in [1.54, 1.807) is 11.3 Å². The fourth-order valence-electron chi connectivity index (χ4n) is 2.13. The maximum atomic E-state index is 12.0. The van der Waals surface area contributed by atoms with Gasteiger partial charge in [-0.25, -0.2) is 0 Å². The van der Waals surface area contributed by atoms with Gasteiger partial charge in [0.15, 0.2) is 0 Å². The lowest BCUT2D eigenvalue weighted by atomic mass is 10.0. The molecule has 4 nitrogen and oxygen atoms in total. The van der Waals surface area contributed by atoms with Gasteiger partial charge in [-0.05, 0) is 24.4 Å². The lowest BCUT2D eigenvalue weighted by Gasteiger charge is -2.17. The van der Waals surface area contributed by atoms with Gasteiger partial charge in [-0.3, -0.25) is 4.79 Å². The monoisotopic (exact) mass is 283 g/mol. The molecule has 2 atom stereocenters. The van der Waals surface area contributed by atoms with Gasteiger partial charge in [-0.15, -0.1) is 11.3 Å². The molecule has 1 fully saturated rings. The van der Waals surface area contributed by atoms with E-state index in [2.05, 4.69) is 18.3 Å². The highest BCUT2D eigenvalue weighted by molar-refractivity contribution is 7.09. The Kier molecular flexibility index (Phi) is 5.82. The van der Waals surface area contributed by atoms with Crippen LogP contribution in [0.1, 0.15) is 18.2 Å². The minimum atomic E-state index is -0.158. The number of carbonyl (C=O) groups excluding carboxylic acids is 1. The maximum absolute atomic E-state index is 12.0. The zero-order valence-corrected chi connectivity index (χ0v) is 12.1. The summed E-state index contributed by atoms with van der Waals surface area (Å²) in [6.07, 6.45) is 1.85. The average molecular weight is 283 g/mol. The topological polar surface area (TPSA) is 47.6 Å². The third kappa shape index (κ3) is 4.30. The Morgan fingerprint density at radius 3 is 3.21 bits per heavy atom. The molecule has 1 saturated heterocycles. The van der Waals surface area contributed by atoms with Crippen LogP contribution in [-0.2, 0) is 20.7 Å². The zero-order valence-electron chi connectivity index (χ0n) is 11.3. The highest BCUT2D eigenvalue weighted by Crippen LogP contribution is 2.16. The Balaban J connectivity index is 1.72. The second-order valence-corrected chi connectivity index (χ2v) is 5.73. The molecule has 0 spiro atoms. The van der Waals surface area contributed by atoms with Crippen LogP contribution in [0.15, 0.2) is 17.5 Å². The van der Waals surface area contributed by atoms with E-state index < -0.39 is 0 Å². The molecule has 0 amide bonds. The third-order valence-electron chi connectivity index (χ3n) is 3.21. The van der Waals surface area contributed by atoms with Crippen molar-refractivity contribution in [1.82, 2.24) is 5.32 Å². The Hall–Kier alpha value is -0.910. The van der Waals surface area contributed by atoms with Crippen LogP contribution >= 0.6 is 11.3 Å². The van der Waals surface area contributed by atoms with Crippen LogP contribution in [0, 0.1) is 5.92 Å². The molecule has 0 saturated carbocycles. The van der Waals surface area contributed by atoms with Crippen LogP contribution in [0.25, 0.3) is 0 Å². The molecule has 1 aliphatic rings. The summed E-state index contributed by atoms with van der Waals surface area (Å²) < 4.78 is 10.7. The largest absolute Gasteiger partial charge is 0.465 e. The summed E-state index contributed by atoms with van der Waals surface area (Å²) >= 11 is 1.69. The van der Waals surface area contributed by atoms with Gasteiger partial charge in [0.25, 0.3) is 0 Å². The van der Waals surface area contributed by atoms with E-state index in [0.717, 1.165) is 19.4 Å². The summed E-state index contributed by atoms with van der Waals surface area (Å²) in [6, 6.07) is 4.18. The predicted molar refractivity (Wildman–Crippen MR) is 75.4 cm³/mol. The smallest absolute Gasteiger partial charge is 0.312 e. The first kappa shape index (κ1) is 14.5. The summed E-state index contributed by atoms with van der Waals surface area (Å²) in [5.74, 6) is -0.294. The molecular formula is C14H21NO3S. The standard InChI is InChI=1S/C14H21NO3S/c1-2-6-15-13-10-17-9-12(13)14(16)18-7-5-11-4-3-8-19-11/h3-4,8,12-13,15H,2,5-7,9-10H2,1H3. The quantitative estimate of drug-likeness (QED) is 0.776. The molecule has 1 aromatic rings. The highest BCUT2D eigenvalue weighted by Gasteiger charge is 2.34. The van der Waals surface area contributed by atoms with Gasteiger partial charge in [0.05, 0.1) is 25.7 Å². The number of rotatable bonds is 7. The van der Waals surface area contributed by atoms with Crippen molar-refractivity contribution in [2.45, 2.75) is 25.8 Å². The van der Waals surface area contributed by atoms with Gasteiger partial charge in [-0.1, -0.05) is 13.0 Å². The molecule has 19 heavy (non-hydrogen) atoms. The number of nitrogens with one attached hydrogen (secondary N) is 1. The first-order valence-corrected chi connectivity index (χ1v) is 7.69. The fourth-order valence-corrected chi connectivity index (χ4v) is 2.82. The van der Waals surface area contributed by atoms with Crippen molar-refractivity contribution < 1.29 is 14.3 Å². The normalized spacial score (nSPS) is 22.6. The molecule has 1 aliphatic heterocycles. The number of hydrogen-bond acceptors (Lipinski definition) is 5. The average Bonchev–Trinajstić information content (AvgIpc) is 3.07. The molecular weight excluding hydrogens is 262 g/mol. The summed E-state index contributed by atoms with van der Waals surface area (Å²) in [5.41, 5.74) is 0. The van der Waals surface area contributed by atoms with Crippen molar-refractivity contribution in [2.75, 3.05) is 26.4 Å². The first-order chi connectivity index (χ1) is 9.31. The first-order valence-electron chi connectivity index (χ1n) is 6.81. The van der Waals surface area contributed by atoms with Gasteiger partial charge in [0.2, 0.25) is 0 Å². The van der Waals surface area contributed by atoms with Crippen molar-refractivity contribution >= 4 is 17.3 Å². The molecule has 2 heterocycles. The second kappa shape index (κ2) is 7.62. The second-order valence-electron chi connectivity index (χ2n) is 4.70. The van der Waals surface area contributed by atoms with Crippen LogP contribution in [0.3, 0.4) is 0 Å². The van der Waals surface area contributed by atoms with E-state index in [1.807, 2.05) is 11.4 Å². The van der Waals surface area contributed by atoms with E-state index in [4.69, 9.17) is 9.47 Å². The molecule has 5 heteroatoms. The number of thiophene rings is 1. The molecule has 0 aliphatic carbocycles. The van der Waals surface area contributed by atoms with E-state index in [9.17, 15) is 4.79 Å². The molecule has 0 aromatic carbocycles. The van der Waals surface area contributed by atoms with Gasteiger partial charge in [-0.2, -0.15) is 0 Å². The van der Waals surface area contributed by atoms with Crippen LogP contribution in [0.5, 0.6) is 0 Å². The Labute approximate surface area is 118 Å². The lowest BCUT2D eigenvalue weighted by molar-refractivity contribution is -0.148. The molecule has 2 rings (SSSR count). The van der Waals surface area contributed by atoms with Gasteiger partial charge >= 0.3 is 5.97 Å². The van der Waals surface area contributed by atoms with Gasteiger partial charge in [0.1, 0.15) is 0 Å². The predicted octanol–water partition coefficient (Wildman–Crippen LogP) is 1.85. The lowest BCUT2D eigenvalue weighted by Crippen LogP contribution is -2.40. The van der Waals surface area contributed by atoms with E-state index in [-0.39, 0.29) is 17.9 Å². The molecule has 0 bridgehead atoms. The molecule has 1 aromatic heterocycles. The summed E-state index contributed by atoms with van der Waals surface area (Å²) in [5, 5.41) is 5.38. The summed E-state index contributed by atoms with van der Waals surface area (Å²) in [7, 11) is 0. The van der Waals surface area contributed by atoms with E-state index >= 15 is 0 Å². The van der Waals surface area contributed by atoms with Crippen molar-refractivity contribution in [2.24, 2.45) is 5.92 Å². The van der Waals surface area contributed by atoms with Crippen LogP contribution in [-0.4, -0.2) is 38.4 Å². The summed E-state index contributed by atoms with van der Waals surface area (Å²) in [6.45, 7) is 4.55. The van der Waals surface area contributed by atoms with Gasteiger partial charge in [0, 0.05) is 17.3 Å². The van der Waals surface area contributed by atoms with Crippen LogP contribution in [0.2, 0.25) is 0 Å². The summed E-state index contributed by atoms with van der Waals surface area (Å²) in [4.78, 5) is 13.3. The van der Waals surface area contributed by atoms with Gasteiger partial charge < -0.3 is 14.8 Å². The molecule has 106 valence electrons. The minimum absolute atomic E-state index is 0.106. The SMILES string of the molecule is CCCNC1COCC1C(=O)OCCc1cccs1. The van der Waals surface area contributed by atoms with Crippen LogP contribution < -0.4 is 5.32 Å². The van der Waals surface area contributed by atoms with E-state index in [1.165, 1.54) is 4.88 Å². The third-order valence-corrected chi connectivity index (χ3v) is 4.15. The molecule has 1 N–H and O–H groups in total. The number of ether oxygens (including phenoxy) is 2.